The van der Waals surface area contributed by atoms with Crippen LogP contribution in [0.1, 0.15) is 29.8 Å². The molecule has 0 aliphatic carbocycles. The van der Waals surface area contributed by atoms with Crippen LogP contribution in [0.5, 0.6) is 5.75 Å². The molecule has 0 heterocycles. The van der Waals surface area contributed by atoms with Gasteiger partial charge in [-0.2, -0.15) is 0 Å². The molecule has 0 fully saturated rings. The van der Waals surface area contributed by atoms with E-state index in [1.807, 2.05) is 13.8 Å². The smallest absolute Gasteiger partial charge is 0.293 e. The maximum absolute atomic E-state index is 12.6. The summed E-state index contributed by atoms with van der Waals surface area (Å²) in [7, 11) is 0. The average Bonchev–Trinajstić information content (AvgIpc) is 2.50. The topological polar surface area (TPSA) is 81.5 Å². The van der Waals surface area contributed by atoms with Crippen LogP contribution in [0.4, 0.5) is 11.4 Å². The van der Waals surface area contributed by atoms with Gasteiger partial charge in [0.15, 0.2) is 0 Å². The zero-order chi connectivity index (χ0) is 17.9. The number of aryl methyl sites for hydroxylation is 1. The van der Waals surface area contributed by atoms with Gasteiger partial charge in [-0.1, -0.05) is 22.0 Å². The number of nitro groups is 1. The van der Waals surface area contributed by atoms with Gasteiger partial charge >= 0.3 is 0 Å². The molecule has 1 N–H and O–H groups in total. The van der Waals surface area contributed by atoms with Gasteiger partial charge in [0.2, 0.25) is 0 Å². The summed E-state index contributed by atoms with van der Waals surface area (Å²) in [5, 5.41) is 13.8. The van der Waals surface area contributed by atoms with Gasteiger partial charge in [-0.05, 0) is 50.6 Å². The third kappa shape index (κ3) is 4.32. The summed E-state index contributed by atoms with van der Waals surface area (Å²) >= 11 is 3.32. The monoisotopic (exact) mass is 392 g/mol. The van der Waals surface area contributed by atoms with Gasteiger partial charge in [0.1, 0.15) is 11.4 Å². The van der Waals surface area contributed by atoms with Crippen molar-refractivity contribution in [3.05, 3.63) is 62.1 Å². The number of carbonyl (C=O) groups is 1. The number of hydrogen-bond acceptors (Lipinski definition) is 4. The highest BCUT2D eigenvalue weighted by Crippen LogP contribution is 2.29. The van der Waals surface area contributed by atoms with E-state index in [-0.39, 0.29) is 17.5 Å². The van der Waals surface area contributed by atoms with Crippen LogP contribution in [0.2, 0.25) is 0 Å². The second kappa shape index (κ2) is 7.44. The molecule has 0 aliphatic heterocycles. The van der Waals surface area contributed by atoms with Gasteiger partial charge in [0.05, 0.1) is 16.6 Å². The number of nitrogens with zero attached hydrogens (tertiary/aromatic N) is 1. The Morgan fingerprint density at radius 1 is 1.25 bits per heavy atom. The largest absolute Gasteiger partial charge is 0.490 e. The van der Waals surface area contributed by atoms with Crippen LogP contribution in [0.3, 0.4) is 0 Å². The SMILES string of the molecule is Cc1ccc(NC(=O)c2cc(Br)ccc2OC(C)C)c([N+](=O)[O-])c1. The van der Waals surface area contributed by atoms with E-state index in [9.17, 15) is 14.9 Å². The summed E-state index contributed by atoms with van der Waals surface area (Å²) in [6.07, 6.45) is -0.105. The quantitative estimate of drug-likeness (QED) is 0.590. The number of anilines is 1. The van der Waals surface area contributed by atoms with Crippen LogP contribution in [0.15, 0.2) is 40.9 Å². The molecule has 126 valence electrons. The summed E-state index contributed by atoms with van der Waals surface area (Å²) < 4.78 is 6.35. The first-order chi connectivity index (χ1) is 11.3. The third-order valence-electron chi connectivity index (χ3n) is 3.15. The lowest BCUT2D eigenvalue weighted by Gasteiger charge is -2.14. The molecule has 0 saturated heterocycles. The molecule has 2 rings (SSSR count). The Bertz CT molecular complexity index is 790. The van der Waals surface area contributed by atoms with Crippen LogP contribution in [-0.2, 0) is 0 Å². The van der Waals surface area contributed by atoms with Gasteiger partial charge in [0, 0.05) is 10.5 Å². The van der Waals surface area contributed by atoms with E-state index in [2.05, 4.69) is 21.2 Å². The maximum Gasteiger partial charge on any atom is 0.293 e. The van der Waals surface area contributed by atoms with E-state index in [1.165, 1.54) is 12.1 Å². The number of amides is 1. The lowest BCUT2D eigenvalue weighted by Crippen LogP contribution is -2.16. The minimum absolute atomic E-state index is 0.105. The van der Waals surface area contributed by atoms with Gasteiger partial charge in [-0.15, -0.1) is 0 Å². The Balaban J connectivity index is 2.37. The van der Waals surface area contributed by atoms with Crippen LogP contribution < -0.4 is 10.1 Å². The van der Waals surface area contributed by atoms with Crippen LogP contribution in [0, 0.1) is 17.0 Å². The molecule has 2 aromatic carbocycles. The predicted octanol–water partition coefficient (Wildman–Crippen LogP) is 4.71. The van der Waals surface area contributed by atoms with E-state index < -0.39 is 10.8 Å². The van der Waals surface area contributed by atoms with Gasteiger partial charge in [-0.25, -0.2) is 0 Å². The summed E-state index contributed by atoms with van der Waals surface area (Å²) in [6.45, 7) is 5.46. The lowest BCUT2D eigenvalue weighted by atomic mass is 10.1. The first-order valence-corrected chi connectivity index (χ1v) is 8.10. The highest BCUT2D eigenvalue weighted by atomic mass is 79.9. The highest BCUT2D eigenvalue weighted by Gasteiger charge is 2.19. The zero-order valence-electron chi connectivity index (χ0n) is 13.5. The fourth-order valence-corrected chi connectivity index (χ4v) is 2.49. The molecule has 0 spiro atoms. The second-order valence-corrected chi connectivity index (χ2v) is 6.45. The molecule has 0 bridgehead atoms. The standard InChI is InChI=1S/C17H17BrN2O4/c1-10(2)24-16-7-5-12(18)9-13(16)17(21)19-14-6-4-11(3)8-15(14)20(22)23/h4-10H,1-3H3,(H,19,21). The molecular formula is C17H17BrN2O4. The van der Waals surface area contributed by atoms with Crippen molar-refractivity contribution in [3.8, 4) is 5.75 Å². The summed E-state index contributed by atoms with van der Waals surface area (Å²) in [5.41, 5.74) is 1.04. The molecule has 24 heavy (non-hydrogen) atoms. The molecule has 2 aromatic rings. The zero-order valence-corrected chi connectivity index (χ0v) is 15.1. The van der Waals surface area contributed by atoms with Gasteiger partial charge in [0.25, 0.3) is 11.6 Å². The Morgan fingerprint density at radius 3 is 2.58 bits per heavy atom. The van der Waals surface area contributed by atoms with Crippen molar-refractivity contribution in [3.63, 3.8) is 0 Å². The predicted molar refractivity (Wildman–Crippen MR) is 95.7 cm³/mol. The Morgan fingerprint density at radius 2 is 1.96 bits per heavy atom. The van der Waals surface area contributed by atoms with Gasteiger partial charge in [-0.3, -0.25) is 14.9 Å². The van der Waals surface area contributed by atoms with E-state index in [0.29, 0.717) is 15.8 Å². The number of nitrogens with one attached hydrogen (secondary N) is 1. The van der Waals surface area contributed by atoms with Crippen LogP contribution in [-0.4, -0.2) is 16.9 Å². The van der Waals surface area contributed by atoms with Crippen LogP contribution >= 0.6 is 15.9 Å². The van der Waals surface area contributed by atoms with E-state index in [0.717, 1.165) is 5.56 Å². The van der Waals surface area contributed by atoms with E-state index in [4.69, 9.17) is 4.74 Å². The van der Waals surface area contributed by atoms with Crippen molar-refractivity contribution in [1.29, 1.82) is 0 Å². The molecule has 6 nitrogen and oxygen atoms in total. The minimum atomic E-state index is -0.519. The van der Waals surface area contributed by atoms with Crippen molar-refractivity contribution in [1.82, 2.24) is 0 Å². The molecule has 0 unspecified atom stereocenters. The summed E-state index contributed by atoms with van der Waals surface area (Å²) in [6, 6.07) is 9.71. The number of benzene rings is 2. The fourth-order valence-electron chi connectivity index (χ4n) is 2.12. The van der Waals surface area contributed by atoms with Crippen molar-refractivity contribution in [2.75, 3.05) is 5.32 Å². The number of rotatable bonds is 5. The van der Waals surface area contributed by atoms with E-state index >= 15 is 0 Å². The van der Waals surface area contributed by atoms with Gasteiger partial charge < -0.3 is 10.1 Å². The number of hydrogen-bond donors (Lipinski definition) is 1. The summed E-state index contributed by atoms with van der Waals surface area (Å²) in [4.78, 5) is 23.3. The van der Waals surface area contributed by atoms with Crippen LogP contribution in [0.25, 0.3) is 0 Å². The maximum atomic E-state index is 12.6. The molecule has 0 saturated carbocycles. The molecule has 0 atom stereocenters. The molecule has 0 radical (unpaired) electrons. The van der Waals surface area contributed by atoms with Crippen molar-refractivity contribution in [2.45, 2.75) is 26.9 Å². The molecule has 0 aliphatic rings. The first-order valence-electron chi connectivity index (χ1n) is 7.30. The minimum Gasteiger partial charge on any atom is -0.490 e. The van der Waals surface area contributed by atoms with Crippen molar-refractivity contribution < 1.29 is 14.5 Å². The molecule has 0 aromatic heterocycles. The third-order valence-corrected chi connectivity index (χ3v) is 3.64. The first kappa shape index (κ1) is 17.9. The number of ether oxygens (including phenoxy) is 1. The average molecular weight is 393 g/mol. The lowest BCUT2D eigenvalue weighted by molar-refractivity contribution is -0.384. The van der Waals surface area contributed by atoms with Crippen molar-refractivity contribution >= 4 is 33.2 Å². The Kier molecular flexibility index (Phi) is 5.56. The Hall–Kier alpha value is -2.41. The fraction of sp³-hybridized carbons (Fsp3) is 0.235. The number of halogens is 1. The molecular weight excluding hydrogens is 376 g/mol. The molecule has 1 amide bonds. The Labute approximate surface area is 148 Å². The molecule has 7 heteroatoms. The normalized spacial score (nSPS) is 10.5. The second-order valence-electron chi connectivity index (χ2n) is 5.54. The van der Waals surface area contributed by atoms with Crippen molar-refractivity contribution in [2.24, 2.45) is 0 Å². The number of nitro benzene ring substituents is 1. The number of carbonyl (C=O) groups excluding carboxylic acids is 1. The highest BCUT2D eigenvalue weighted by molar-refractivity contribution is 9.10. The van der Waals surface area contributed by atoms with E-state index in [1.54, 1.807) is 31.2 Å². The summed E-state index contributed by atoms with van der Waals surface area (Å²) in [5.74, 6) is -0.0561.